The van der Waals surface area contributed by atoms with Gasteiger partial charge in [0.05, 0.1) is 11.0 Å². The maximum absolute atomic E-state index is 12.3. The molecule has 0 atom stereocenters. The molecule has 3 rings (SSSR count). The topological polar surface area (TPSA) is 56.2 Å². The van der Waals surface area contributed by atoms with Crippen LogP contribution in [0.3, 0.4) is 0 Å². The summed E-state index contributed by atoms with van der Waals surface area (Å²) in [5.74, 6) is 0.949. The molecule has 2 aromatic carbocycles. The summed E-state index contributed by atoms with van der Waals surface area (Å²) in [4.78, 5) is 16.7. The Morgan fingerprint density at radius 2 is 1.80 bits per heavy atom. The molecule has 1 aromatic heterocycles. The number of carbonyl (C=O) groups is 1. The normalized spacial score (nSPS) is 10.4. The molecule has 5 nitrogen and oxygen atoms in total. The fourth-order valence-electron chi connectivity index (χ4n) is 2.01. The van der Waals surface area contributed by atoms with Crippen LogP contribution < -0.4 is 10.1 Å². The highest BCUT2D eigenvalue weighted by Crippen LogP contribution is 2.20. The van der Waals surface area contributed by atoms with Crippen LogP contribution >= 0.6 is 0 Å². The van der Waals surface area contributed by atoms with Crippen LogP contribution in [-0.4, -0.2) is 22.7 Å². The highest BCUT2D eigenvalue weighted by Gasteiger charge is 2.17. The molecule has 1 heterocycles. The van der Waals surface area contributed by atoms with E-state index in [0.29, 0.717) is 17.2 Å². The number of aromatic nitrogens is 2. The second kappa shape index (κ2) is 5.05. The lowest BCUT2D eigenvalue weighted by molar-refractivity contribution is 0.203. The molecule has 0 saturated heterocycles. The Hall–Kier alpha value is -2.82. The number of carbonyl (C=O) groups excluding carboxylic acids is 1. The van der Waals surface area contributed by atoms with Gasteiger partial charge < -0.3 is 10.1 Å². The molecule has 0 amide bonds. The van der Waals surface area contributed by atoms with E-state index in [-0.39, 0.29) is 0 Å². The van der Waals surface area contributed by atoms with E-state index in [9.17, 15) is 4.79 Å². The van der Waals surface area contributed by atoms with Crippen molar-refractivity contribution < 1.29 is 9.53 Å². The smallest absolute Gasteiger partial charge is 0.410 e. The van der Waals surface area contributed by atoms with Gasteiger partial charge in [-0.15, -0.1) is 0 Å². The zero-order valence-corrected chi connectivity index (χ0v) is 10.9. The lowest BCUT2D eigenvalue weighted by Gasteiger charge is -2.07. The Kier molecular flexibility index (Phi) is 3.09. The number of rotatable bonds is 2. The molecular weight excluding hydrogens is 254 g/mol. The third-order valence-electron chi connectivity index (χ3n) is 2.92. The lowest BCUT2D eigenvalue weighted by atomic mass is 10.3. The molecule has 0 aliphatic rings. The van der Waals surface area contributed by atoms with Gasteiger partial charge in [-0.2, -0.15) is 0 Å². The van der Waals surface area contributed by atoms with Gasteiger partial charge in [-0.25, -0.2) is 14.3 Å². The summed E-state index contributed by atoms with van der Waals surface area (Å²) in [7, 11) is 1.72. The van der Waals surface area contributed by atoms with Crippen molar-refractivity contribution in [2.24, 2.45) is 0 Å². The van der Waals surface area contributed by atoms with Crippen LogP contribution in [0.25, 0.3) is 11.0 Å². The minimum atomic E-state index is -0.491. The molecule has 0 radical (unpaired) electrons. The average molecular weight is 267 g/mol. The van der Waals surface area contributed by atoms with Crippen molar-refractivity contribution in [1.82, 2.24) is 9.55 Å². The Bertz CT molecular complexity index is 750. The van der Waals surface area contributed by atoms with Gasteiger partial charge in [-0.3, -0.25) is 0 Å². The highest BCUT2D eigenvalue weighted by molar-refractivity contribution is 5.91. The molecule has 1 N–H and O–H groups in total. The van der Waals surface area contributed by atoms with E-state index in [1.807, 2.05) is 42.5 Å². The molecule has 0 spiro atoms. The van der Waals surface area contributed by atoms with E-state index in [1.165, 1.54) is 4.57 Å². The van der Waals surface area contributed by atoms with E-state index < -0.39 is 6.09 Å². The van der Waals surface area contributed by atoms with Crippen LogP contribution in [0.15, 0.2) is 54.6 Å². The molecule has 0 aliphatic heterocycles. The fourth-order valence-corrected chi connectivity index (χ4v) is 2.01. The van der Waals surface area contributed by atoms with Gasteiger partial charge in [0, 0.05) is 7.05 Å². The molecular formula is C15H13N3O2. The van der Waals surface area contributed by atoms with Gasteiger partial charge in [0.25, 0.3) is 0 Å². The number of anilines is 1. The number of hydrogen-bond acceptors (Lipinski definition) is 4. The first-order chi connectivity index (χ1) is 9.79. The van der Waals surface area contributed by atoms with Gasteiger partial charge in [-0.05, 0) is 24.3 Å². The Labute approximate surface area is 115 Å². The minimum Gasteiger partial charge on any atom is -0.410 e. The van der Waals surface area contributed by atoms with Crippen molar-refractivity contribution in [2.45, 2.75) is 0 Å². The quantitative estimate of drug-likeness (QED) is 0.775. The number of nitrogens with one attached hydrogen (secondary N) is 1. The van der Waals surface area contributed by atoms with Crippen molar-refractivity contribution in [3.05, 3.63) is 54.6 Å². The fraction of sp³-hybridized carbons (Fsp3) is 0.0667. The van der Waals surface area contributed by atoms with E-state index in [2.05, 4.69) is 10.3 Å². The zero-order chi connectivity index (χ0) is 13.9. The number of nitrogens with zero attached hydrogens (tertiary/aromatic N) is 2. The van der Waals surface area contributed by atoms with Crippen molar-refractivity contribution in [1.29, 1.82) is 0 Å². The summed E-state index contributed by atoms with van der Waals surface area (Å²) >= 11 is 0. The first kappa shape index (κ1) is 12.2. The molecule has 100 valence electrons. The number of hydrogen-bond donors (Lipinski definition) is 1. The van der Waals surface area contributed by atoms with Gasteiger partial charge >= 0.3 is 6.09 Å². The van der Waals surface area contributed by atoms with Crippen molar-refractivity contribution in [3.63, 3.8) is 0 Å². The summed E-state index contributed by atoms with van der Waals surface area (Å²) in [6.45, 7) is 0. The predicted molar refractivity (Wildman–Crippen MR) is 77.1 cm³/mol. The van der Waals surface area contributed by atoms with Gasteiger partial charge in [0.2, 0.25) is 5.95 Å². The number of imidazole rings is 1. The number of fused-ring (bicyclic) bond motifs is 1. The third-order valence-corrected chi connectivity index (χ3v) is 2.92. The van der Waals surface area contributed by atoms with Crippen LogP contribution in [0.5, 0.6) is 5.75 Å². The maximum atomic E-state index is 12.3. The molecule has 5 heteroatoms. The second-order valence-electron chi connectivity index (χ2n) is 4.19. The van der Waals surface area contributed by atoms with E-state index in [4.69, 9.17) is 4.74 Å². The van der Waals surface area contributed by atoms with Crippen molar-refractivity contribution in [2.75, 3.05) is 12.4 Å². The standard InChI is InChI=1S/C15H13N3O2/c1-16-14-17-12-9-5-6-10-13(12)18(14)15(19)20-11-7-3-2-4-8-11/h2-10H,1H3,(H,16,17). The van der Waals surface area contributed by atoms with Gasteiger partial charge in [0.1, 0.15) is 5.75 Å². The Balaban J connectivity index is 2.02. The minimum absolute atomic E-state index is 0.451. The molecule has 0 saturated carbocycles. The number of ether oxygens (including phenoxy) is 1. The molecule has 0 unspecified atom stereocenters. The van der Waals surface area contributed by atoms with Crippen LogP contribution in [0.2, 0.25) is 0 Å². The highest BCUT2D eigenvalue weighted by atomic mass is 16.6. The average Bonchev–Trinajstić information content (AvgIpc) is 2.86. The number of para-hydroxylation sites is 3. The van der Waals surface area contributed by atoms with Crippen LogP contribution in [0.1, 0.15) is 0 Å². The van der Waals surface area contributed by atoms with Crippen LogP contribution in [-0.2, 0) is 0 Å². The van der Waals surface area contributed by atoms with Gasteiger partial charge in [0.15, 0.2) is 0 Å². The zero-order valence-electron chi connectivity index (χ0n) is 10.9. The maximum Gasteiger partial charge on any atom is 0.426 e. The predicted octanol–water partition coefficient (Wildman–Crippen LogP) is 3.13. The first-order valence-corrected chi connectivity index (χ1v) is 6.22. The Morgan fingerprint density at radius 1 is 1.10 bits per heavy atom. The summed E-state index contributed by atoms with van der Waals surface area (Å²) in [6.07, 6.45) is -0.491. The molecule has 0 fully saturated rings. The molecule has 0 aliphatic carbocycles. The van der Waals surface area contributed by atoms with E-state index in [1.54, 1.807) is 19.2 Å². The second-order valence-corrected chi connectivity index (χ2v) is 4.19. The monoisotopic (exact) mass is 267 g/mol. The van der Waals surface area contributed by atoms with Gasteiger partial charge in [-0.1, -0.05) is 30.3 Å². The van der Waals surface area contributed by atoms with Crippen LogP contribution in [0.4, 0.5) is 10.7 Å². The van der Waals surface area contributed by atoms with E-state index in [0.717, 1.165) is 5.52 Å². The number of benzene rings is 2. The van der Waals surface area contributed by atoms with E-state index >= 15 is 0 Å². The molecule has 20 heavy (non-hydrogen) atoms. The summed E-state index contributed by atoms with van der Waals surface area (Å²) < 4.78 is 6.77. The summed E-state index contributed by atoms with van der Waals surface area (Å²) in [6, 6.07) is 16.4. The lowest BCUT2D eigenvalue weighted by Crippen LogP contribution is -2.18. The summed E-state index contributed by atoms with van der Waals surface area (Å²) in [5, 5.41) is 2.90. The van der Waals surface area contributed by atoms with Crippen molar-refractivity contribution in [3.8, 4) is 5.75 Å². The first-order valence-electron chi connectivity index (χ1n) is 6.22. The largest absolute Gasteiger partial charge is 0.426 e. The van der Waals surface area contributed by atoms with Crippen LogP contribution in [0, 0.1) is 0 Å². The molecule has 3 aromatic rings. The summed E-state index contributed by atoms with van der Waals surface area (Å²) in [5.41, 5.74) is 1.44. The third kappa shape index (κ3) is 2.09. The molecule has 0 bridgehead atoms. The Morgan fingerprint density at radius 3 is 2.55 bits per heavy atom. The SMILES string of the molecule is CNc1nc2ccccc2n1C(=O)Oc1ccccc1. The van der Waals surface area contributed by atoms with Crippen molar-refractivity contribution >= 4 is 23.1 Å².